The zero-order valence-electron chi connectivity index (χ0n) is 10.9. The van der Waals surface area contributed by atoms with Crippen molar-refractivity contribution >= 4 is 5.91 Å². The number of likely N-dealkylation sites (tertiary alicyclic amines) is 1. The number of amides is 1. The Bertz CT molecular complexity index is 271. The lowest BCUT2D eigenvalue weighted by Crippen LogP contribution is -2.62. The van der Waals surface area contributed by atoms with E-state index in [0.717, 1.165) is 26.2 Å². The average molecular weight is 240 g/mol. The zero-order valence-corrected chi connectivity index (χ0v) is 10.9. The van der Waals surface area contributed by atoms with Gasteiger partial charge in [0.05, 0.1) is 0 Å². The molecule has 0 aliphatic carbocycles. The number of piperidine rings is 1. The summed E-state index contributed by atoms with van der Waals surface area (Å²) in [7, 11) is 3.89. The summed E-state index contributed by atoms with van der Waals surface area (Å²) in [6.45, 7) is 5.03. The van der Waals surface area contributed by atoms with Crippen LogP contribution < -0.4 is 10.6 Å². The second-order valence-electron chi connectivity index (χ2n) is 5.13. The maximum absolute atomic E-state index is 11.9. The zero-order chi connectivity index (χ0) is 12.3. The van der Waals surface area contributed by atoms with Crippen LogP contribution in [-0.2, 0) is 4.79 Å². The number of carbonyl (C=O) groups is 1. The van der Waals surface area contributed by atoms with E-state index in [1.165, 1.54) is 19.4 Å². The van der Waals surface area contributed by atoms with E-state index >= 15 is 0 Å². The molecule has 0 spiro atoms. The summed E-state index contributed by atoms with van der Waals surface area (Å²) >= 11 is 0. The number of likely N-dealkylation sites (N-methyl/N-ethyl adjacent to an activating group) is 2. The van der Waals surface area contributed by atoms with Gasteiger partial charge in [-0.3, -0.25) is 9.69 Å². The van der Waals surface area contributed by atoms with Gasteiger partial charge in [-0.15, -0.1) is 0 Å². The van der Waals surface area contributed by atoms with Gasteiger partial charge in [0.2, 0.25) is 5.91 Å². The maximum atomic E-state index is 11.9. The normalized spacial score (nSPS) is 32.4. The molecule has 17 heavy (non-hydrogen) atoms. The number of hydrogen-bond acceptors (Lipinski definition) is 4. The third-order valence-electron chi connectivity index (χ3n) is 3.90. The van der Waals surface area contributed by atoms with E-state index in [4.69, 9.17) is 0 Å². The first-order valence-corrected chi connectivity index (χ1v) is 6.59. The van der Waals surface area contributed by atoms with Crippen molar-refractivity contribution in [2.24, 2.45) is 0 Å². The molecule has 2 fully saturated rings. The first-order chi connectivity index (χ1) is 8.22. The first-order valence-electron chi connectivity index (χ1n) is 6.59. The molecule has 2 heterocycles. The van der Waals surface area contributed by atoms with Crippen LogP contribution in [0.4, 0.5) is 0 Å². The highest BCUT2D eigenvalue weighted by atomic mass is 16.2. The van der Waals surface area contributed by atoms with Crippen molar-refractivity contribution < 1.29 is 4.79 Å². The number of nitrogens with one attached hydrogen (secondary N) is 2. The number of rotatable bonds is 2. The van der Waals surface area contributed by atoms with Crippen LogP contribution in [0.15, 0.2) is 0 Å². The van der Waals surface area contributed by atoms with Crippen LogP contribution >= 0.6 is 0 Å². The van der Waals surface area contributed by atoms with Crippen molar-refractivity contribution in [3.63, 3.8) is 0 Å². The Morgan fingerprint density at radius 3 is 2.94 bits per heavy atom. The molecule has 0 aromatic carbocycles. The predicted molar refractivity (Wildman–Crippen MR) is 67.9 cm³/mol. The van der Waals surface area contributed by atoms with E-state index in [-0.39, 0.29) is 11.9 Å². The van der Waals surface area contributed by atoms with Gasteiger partial charge in [0, 0.05) is 39.3 Å². The van der Waals surface area contributed by atoms with Gasteiger partial charge in [0.15, 0.2) is 0 Å². The van der Waals surface area contributed by atoms with Gasteiger partial charge < -0.3 is 15.5 Å². The Hall–Kier alpha value is -0.650. The van der Waals surface area contributed by atoms with Gasteiger partial charge in [-0.1, -0.05) is 0 Å². The maximum Gasteiger partial charge on any atom is 0.238 e. The Kier molecular flexibility index (Phi) is 4.36. The molecule has 0 radical (unpaired) electrons. The summed E-state index contributed by atoms with van der Waals surface area (Å²) in [5.41, 5.74) is 0. The molecule has 98 valence electrons. The SMILES string of the molecule is CNC(=O)C1CNCCN1C1CCCN(C)C1. The highest BCUT2D eigenvalue weighted by Gasteiger charge is 2.34. The summed E-state index contributed by atoms with van der Waals surface area (Å²) in [6, 6.07) is 0.545. The second kappa shape index (κ2) is 5.80. The number of piperazine rings is 1. The molecule has 5 heteroatoms. The van der Waals surface area contributed by atoms with Crippen molar-refractivity contribution in [3.05, 3.63) is 0 Å². The number of hydrogen-bond donors (Lipinski definition) is 2. The molecular formula is C12H24N4O. The molecule has 5 nitrogen and oxygen atoms in total. The lowest BCUT2D eigenvalue weighted by molar-refractivity contribution is -0.128. The Labute approximate surface area is 104 Å². The monoisotopic (exact) mass is 240 g/mol. The van der Waals surface area contributed by atoms with E-state index in [1.807, 2.05) is 0 Å². The molecule has 0 aromatic heterocycles. The molecule has 0 aromatic rings. The standard InChI is InChI=1S/C12H24N4O/c1-13-12(17)11-8-14-5-7-16(11)10-4-3-6-15(2)9-10/h10-11,14H,3-9H2,1-2H3,(H,13,17). The fourth-order valence-corrected chi connectivity index (χ4v) is 2.98. The second-order valence-corrected chi connectivity index (χ2v) is 5.13. The lowest BCUT2D eigenvalue weighted by atomic mass is 10.0. The molecule has 2 unspecified atom stereocenters. The van der Waals surface area contributed by atoms with Crippen LogP contribution in [-0.4, -0.2) is 74.6 Å². The minimum Gasteiger partial charge on any atom is -0.358 e. The fraction of sp³-hybridized carbons (Fsp3) is 0.917. The lowest BCUT2D eigenvalue weighted by Gasteiger charge is -2.43. The minimum absolute atomic E-state index is 0.00486. The molecule has 2 atom stereocenters. The molecule has 1 amide bonds. The van der Waals surface area contributed by atoms with Crippen molar-refractivity contribution in [3.8, 4) is 0 Å². The van der Waals surface area contributed by atoms with Gasteiger partial charge in [-0.25, -0.2) is 0 Å². The van der Waals surface area contributed by atoms with E-state index in [9.17, 15) is 4.79 Å². The van der Waals surface area contributed by atoms with Crippen molar-refractivity contribution in [2.75, 3.05) is 46.8 Å². The van der Waals surface area contributed by atoms with E-state index in [1.54, 1.807) is 7.05 Å². The van der Waals surface area contributed by atoms with Crippen LogP contribution in [0.2, 0.25) is 0 Å². The highest BCUT2D eigenvalue weighted by Crippen LogP contribution is 2.18. The smallest absolute Gasteiger partial charge is 0.238 e. The molecule has 2 aliphatic heterocycles. The van der Waals surface area contributed by atoms with Crippen LogP contribution in [0, 0.1) is 0 Å². The Balaban J connectivity index is 2.02. The predicted octanol–water partition coefficient (Wildman–Crippen LogP) is -0.900. The minimum atomic E-state index is 0.00486. The van der Waals surface area contributed by atoms with Gasteiger partial charge in [0.25, 0.3) is 0 Å². The molecule has 2 rings (SSSR count). The molecule has 0 saturated carbocycles. The van der Waals surface area contributed by atoms with E-state index in [0.29, 0.717) is 6.04 Å². The summed E-state index contributed by atoms with van der Waals surface area (Å²) in [5, 5.41) is 6.09. The van der Waals surface area contributed by atoms with Crippen LogP contribution in [0.25, 0.3) is 0 Å². The number of carbonyl (C=O) groups excluding carboxylic acids is 1. The van der Waals surface area contributed by atoms with Crippen molar-refractivity contribution in [1.82, 2.24) is 20.4 Å². The quantitative estimate of drug-likeness (QED) is 0.657. The number of nitrogens with zero attached hydrogens (tertiary/aromatic N) is 2. The fourth-order valence-electron chi connectivity index (χ4n) is 2.98. The first kappa shape index (κ1) is 12.8. The van der Waals surface area contributed by atoms with Crippen molar-refractivity contribution in [1.29, 1.82) is 0 Å². The average Bonchev–Trinajstić information content (AvgIpc) is 2.38. The summed E-state index contributed by atoms with van der Waals surface area (Å²) in [4.78, 5) is 16.7. The van der Waals surface area contributed by atoms with Gasteiger partial charge in [-0.05, 0) is 26.4 Å². The van der Waals surface area contributed by atoms with Crippen LogP contribution in [0.1, 0.15) is 12.8 Å². The summed E-state index contributed by atoms with van der Waals surface area (Å²) < 4.78 is 0. The molecule has 0 bridgehead atoms. The molecule has 2 saturated heterocycles. The molecule has 2 aliphatic rings. The van der Waals surface area contributed by atoms with Gasteiger partial charge in [-0.2, -0.15) is 0 Å². The largest absolute Gasteiger partial charge is 0.358 e. The molecule has 2 N–H and O–H groups in total. The topological polar surface area (TPSA) is 47.6 Å². The Morgan fingerprint density at radius 1 is 1.41 bits per heavy atom. The van der Waals surface area contributed by atoms with Gasteiger partial charge in [0.1, 0.15) is 6.04 Å². The van der Waals surface area contributed by atoms with Crippen molar-refractivity contribution in [2.45, 2.75) is 24.9 Å². The van der Waals surface area contributed by atoms with E-state index in [2.05, 4.69) is 27.5 Å². The third-order valence-corrected chi connectivity index (χ3v) is 3.90. The third kappa shape index (κ3) is 2.97. The van der Waals surface area contributed by atoms with Crippen LogP contribution in [0.3, 0.4) is 0 Å². The molecular weight excluding hydrogens is 216 g/mol. The van der Waals surface area contributed by atoms with Crippen LogP contribution in [0.5, 0.6) is 0 Å². The Morgan fingerprint density at radius 2 is 2.24 bits per heavy atom. The summed E-state index contributed by atoms with van der Waals surface area (Å²) in [6.07, 6.45) is 2.46. The van der Waals surface area contributed by atoms with E-state index < -0.39 is 0 Å². The summed E-state index contributed by atoms with van der Waals surface area (Å²) in [5.74, 6) is 0.144. The van der Waals surface area contributed by atoms with Gasteiger partial charge >= 0.3 is 0 Å². The highest BCUT2D eigenvalue weighted by molar-refractivity contribution is 5.81.